The van der Waals surface area contributed by atoms with E-state index < -0.39 is 0 Å². The lowest BCUT2D eigenvalue weighted by Gasteiger charge is -2.17. The van der Waals surface area contributed by atoms with Crippen molar-refractivity contribution in [2.75, 3.05) is 13.7 Å². The van der Waals surface area contributed by atoms with E-state index in [1.165, 1.54) is 0 Å². The Labute approximate surface area is 130 Å². The van der Waals surface area contributed by atoms with Crippen molar-refractivity contribution in [1.82, 2.24) is 4.90 Å². The van der Waals surface area contributed by atoms with Crippen LogP contribution in [0.1, 0.15) is 16.7 Å². The summed E-state index contributed by atoms with van der Waals surface area (Å²) in [6.07, 6.45) is 0. The summed E-state index contributed by atoms with van der Waals surface area (Å²) < 4.78 is 5.51. The van der Waals surface area contributed by atoms with Crippen LogP contribution in [0.25, 0.3) is 0 Å². The molecule has 0 spiro atoms. The molecule has 2 aromatic carbocycles. The standard InChI is InChI=1S/C18H18N2O2/c1-14-4-3-5-17(10-14)22-13-18(21)20(2)12-16-8-6-15(11-19)7-9-16/h3-10H,12-13H2,1-2H3. The third-order valence-corrected chi connectivity index (χ3v) is 3.28. The maximum absolute atomic E-state index is 12.1. The van der Waals surface area contributed by atoms with Gasteiger partial charge < -0.3 is 9.64 Å². The van der Waals surface area contributed by atoms with E-state index in [0.717, 1.165) is 11.1 Å². The molecule has 112 valence electrons. The van der Waals surface area contributed by atoms with Gasteiger partial charge in [-0.3, -0.25) is 4.79 Å². The number of nitriles is 1. The number of ether oxygens (including phenoxy) is 1. The number of aryl methyl sites for hydroxylation is 1. The van der Waals surface area contributed by atoms with Crippen LogP contribution < -0.4 is 4.74 Å². The van der Waals surface area contributed by atoms with E-state index in [9.17, 15) is 4.79 Å². The Morgan fingerprint density at radius 3 is 2.59 bits per heavy atom. The van der Waals surface area contributed by atoms with E-state index in [0.29, 0.717) is 17.9 Å². The Bertz CT molecular complexity index is 687. The minimum Gasteiger partial charge on any atom is -0.484 e. The van der Waals surface area contributed by atoms with Crippen LogP contribution in [-0.4, -0.2) is 24.5 Å². The Morgan fingerprint density at radius 1 is 1.23 bits per heavy atom. The summed E-state index contributed by atoms with van der Waals surface area (Å²) in [6, 6.07) is 16.9. The number of hydrogen-bond donors (Lipinski definition) is 0. The summed E-state index contributed by atoms with van der Waals surface area (Å²) in [7, 11) is 1.74. The minimum atomic E-state index is -0.0918. The predicted octanol–water partition coefficient (Wildman–Crippen LogP) is 2.90. The van der Waals surface area contributed by atoms with Gasteiger partial charge in [0.2, 0.25) is 0 Å². The van der Waals surface area contributed by atoms with Gasteiger partial charge in [-0.1, -0.05) is 24.3 Å². The molecule has 0 aromatic heterocycles. The highest BCUT2D eigenvalue weighted by molar-refractivity contribution is 5.77. The molecule has 0 saturated carbocycles. The summed E-state index contributed by atoms with van der Waals surface area (Å²) in [5.41, 5.74) is 2.68. The van der Waals surface area contributed by atoms with Crippen LogP contribution in [-0.2, 0) is 11.3 Å². The normalized spacial score (nSPS) is 9.86. The zero-order valence-corrected chi connectivity index (χ0v) is 12.7. The molecule has 22 heavy (non-hydrogen) atoms. The average molecular weight is 294 g/mol. The topological polar surface area (TPSA) is 53.3 Å². The fraction of sp³-hybridized carbons (Fsp3) is 0.222. The number of carbonyl (C=O) groups excluding carboxylic acids is 1. The van der Waals surface area contributed by atoms with E-state index in [2.05, 4.69) is 6.07 Å². The van der Waals surface area contributed by atoms with Crippen molar-refractivity contribution in [3.63, 3.8) is 0 Å². The smallest absolute Gasteiger partial charge is 0.260 e. The predicted molar refractivity (Wildman–Crippen MR) is 84.3 cm³/mol. The summed E-state index contributed by atoms with van der Waals surface area (Å²) >= 11 is 0. The van der Waals surface area contributed by atoms with Gasteiger partial charge in [-0.15, -0.1) is 0 Å². The molecule has 0 radical (unpaired) electrons. The number of carbonyl (C=O) groups is 1. The molecule has 0 aliphatic rings. The van der Waals surface area contributed by atoms with E-state index >= 15 is 0 Å². The quantitative estimate of drug-likeness (QED) is 0.852. The van der Waals surface area contributed by atoms with E-state index in [1.54, 1.807) is 24.1 Å². The van der Waals surface area contributed by atoms with Gasteiger partial charge in [-0.25, -0.2) is 0 Å². The lowest BCUT2D eigenvalue weighted by molar-refractivity contribution is -0.132. The number of likely N-dealkylation sites (N-methyl/N-ethyl adjacent to an activating group) is 1. The molecule has 0 bridgehead atoms. The van der Waals surface area contributed by atoms with Crippen LogP contribution in [0, 0.1) is 18.3 Å². The average Bonchev–Trinajstić information content (AvgIpc) is 2.53. The molecule has 4 nitrogen and oxygen atoms in total. The van der Waals surface area contributed by atoms with Crippen LogP contribution in [0.15, 0.2) is 48.5 Å². The number of rotatable bonds is 5. The molecule has 0 heterocycles. The van der Waals surface area contributed by atoms with Gasteiger partial charge >= 0.3 is 0 Å². The summed E-state index contributed by atoms with van der Waals surface area (Å²) in [4.78, 5) is 13.7. The molecule has 4 heteroatoms. The van der Waals surface area contributed by atoms with Crippen molar-refractivity contribution in [2.24, 2.45) is 0 Å². The number of nitrogens with zero attached hydrogens (tertiary/aromatic N) is 2. The van der Waals surface area contributed by atoms with Gasteiger partial charge in [0.05, 0.1) is 11.6 Å². The molecular formula is C18H18N2O2. The van der Waals surface area contributed by atoms with Crippen LogP contribution in [0.2, 0.25) is 0 Å². The Kier molecular flexibility index (Phi) is 5.16. The van der Waals surface area contributed by atoms with Crippen molar-refractivity contribution < 1.29 is 9.53 Å². The number of benzene rings is 2. The van der Waals surface area contributed by atoms with E-state index in [4.69, 9.17) is 10.00 Å². The molecule has 2 rings (SSSR count). The fourth-order valence-corrected chi connectivity index (χ4v) is 2.01. The highest BCUT2D eigenvalue weighted by atomic mass is 16.5. The van der Waals surface area contributed by atoms with E-state index in [1.807, 2.05) is 43.3 Å². The third-order valence-electron chi connectivity index (χ3n) is 3.28. The molecule has 0 aliphatic carbocycles. The van der Waals surface area contributed by atoms with Crippen LogP contribution in [0.5, 0.6) is 5.75 Å². The fourth-order valence-electron chi connectivity index (χ4n) is 2.01. The van der Waals surface area contributed by atoms with Crippen LogP contribution in [0.4, 0.5) is 0 Å². The lowest BCUT2D eigenvalue weighted by atomic mass is 10.1. The van der Waals surface area contributed by atoms with Crippen molar-refractivity contribution in [1.29, 1.82) is 5.26 Å². The Morgan fingerprint density at radius 2 is 1.95 bits per heavy atom. The van der Waals surface area contributed by atoms with Crippen molar-refractivity contribution in [2.45, 2.75) is 13.5 Å². The molecular weight excluding hydrogens is 276 g/mol. The first kappa shape index (κ1) is 15.6. The molecule has 0 atom stereocenters. The Balaban J connectivity index is 1.87. The number of hydrogen-bond acceptors (Lipinski definition) is 3. The highest BCUT2D eigenvalue weighted by Gasteiger charge is 2.10. The first-order chi connectivity index (χ1) is 10.6. The van der Waals surface area contributed by atoms with Crippen molar-refractivity contribution in [3.05, 3.63) is 65.2 Å². The molecule has 0 unspecified atom stereocenters. The van der Waals surface area contributed by atoms with E-state index in [-0.39, 0.29) is 12.5 Å². The summed E-state index contributed by atoms with van der Waals surface area (Å²) in [5, 5.41) is 8.77. The summed E-state index contributed by atoms with van der Waals surface area (Å²) in [6.45, 7) is 2.48. The first-order valence-electron chi connectivity index (χ1n) is 7.01. The first-order valence-corrected chi connectivity index (χ1v) is 7.01. The maximum Gasteiger partial charge on any atom is 0.260 e. The van der Waals surface area contributed by atoms with Gasteiger partial charge in [0.25, 0.3) is 5.91 Å². The molecule has 0 N–H and O–H groups in total. The molecule has 0 saturated heterocycles. The minimum absolute atomic E-state index is 0.0102. The zero-order valence-electron chi connectivity index (χ0n) is 12.7. The van der Waals surface area contributed by atoms with Gasteiger partial charge in [0.15, 0.2) is 6.61 Å². The highest BCUT2D eigenvalue weighted by Crippen LogP contribution is 2.12. The second-order valence-electron chi connectivity index (χ2n) is 5.16. The van der Waals surface area contributed by atoms with Gasteiger partial charge in [0, 0.05) is 13.6 Å². The third kappa shape index (κ3) is 4.35. The zero-order chi connectivity index (χ0) is 15.9. The largest absolute Gasteiger partial charge is 0.484 e. The van der Waals surface area contributed by atoms with Gasteiger partial charge in [0.1, 0.15) is 5.75 Å². The molecule has 1 amide bonds. The lowest BCUT2D eigenvalue weighted by Crippen LogP contribution is -2.30. The van der Waals surface area contributed by atoms with Crippen molar-refractivity contribution >= 4 is 5.91 Å². The number of amides is 1. The molecule has 0 aliphatic heterocycles. The molecule has 2 aromatic rings. The monoisotopic (exact) mass is 294 g/mol. The van der Waals surface area contributed by atoms with Crippen LogP contribution >= 0.6 is 0 Å². The maximum atomic E-state index is 12.1. The second kappa shape index (κ2) is 7.28. The second-order valence-corrected chi connectivity index (χ2v) is 5.16. The Hall–Kier alpha value is -2.80. The van der Waals surface area contributed by atoms with Crippen LogP contribution in [0.3, 0.4) is 0 Å². The molecule has 0 fully saturated rings. The van der Waals surface area contributed by atoms with Crippen molar-refractivity contribution in [3.8, 4) is 11.8 Å². The van der Waals surface area contributed by atoms with Gasteiger partial charge in [-0.2, -0.15) is 5.26 Å². The SMILES string of the molecule is Cc1cccc(OCC(=O)N(C)Cc2ccc(C#N)cc2)c1. The summed E-state index contributed by atoms with van der Waals surface area (Å²) in [5.74, 6) is 0.603. The van der Waals surface area contributed by atoms with Gasteiger partial charge in [-0.05, 0) is 42.3 Å².